The van der Waals surface area contributed by atoms with Gasteiger partial charge in [0.15, 0.2) is 5.78 Å². The SMILES string of the molecule is O=C(OCCOc1ccccc1)C1=C(c2ccccc2)C(=O)c2ccccc2C1=O. The second kappa shape index (κ2) is 8.57. The van der Waals surface area contributed by atoms with Gasteiger partial charge in [0.05, 0.1) is 0 Å². The number of esters is 1. The van der Waals surface area contributed by atoms with E-state index in [0.29, 0.717) is 11.3 Å². The molecule has 0 aromatic heterocycles. The van der Waals surface area contributed by atoms with Crippen LogP contribution in [0.5, 0.6) is 5.75 Å². The van der Waals surface area contributed by atoms with E-state index in [4.69, 9.17) is 9.47 Å². The fraction of sp³-hybridized carbons (Fsp3) is 0.0800. The Labute approximate surface area is 173 Å². The van der Waals surface area contributed by atoms with Crippen molar-refractivity contribution in [2.75, 3.05) is 13.2 Å². The van der Waals surface area contributed by atoms with Crippen LogP contribution in [0, 0.1) is 0 Å². The molecule has 3 aromatic carbocycles. The first kappa shape index (κ1) is 19.3. The predicted molar refractivity (Wildman–Crippen MR) is 111 cm³/mol. The molecular weight excluding hydrogens is 380 g/mol. The second-order valence-corrected chi connectivity index (χ2v) is 6.62. The zero-order chi connectivity index (χ0) is 20.9. The van der Waals surface area contributed by atoms with Crippen LogP contribution in [0.2, 0.25) is 0 Å². The number of hydrogen-bond acceptors (Lipinski definition) is 5. The first-order valence-corrected chi connectivity index (χ1v) is 9.50. The molecule has 1 aliphatic carbocycles. The van der Waals surface area contributed by atoms with Crippen LogP contribution in [0.15, 0.2) is 90.5 Å². The lowest BCUT2D eigenvalue weighted by Crippen LogP contribution is -2.27. The van der Waals surface area contributed by atoms with E-state index in [9.17, 15) is 14.4 Å². The van der Waals surface area contributed by atoms with Crippen molar-refractivity contribution in [1.29, 1.82) is 0 Å². The Kier molecular flexibility index (Phi) is 5.52. The average Bonchev–Trinajstić information content (AvgIpc) is 2.80. The summed E-state index contributed by atoms with van der Waals surface area (Å²) in [6, 6.07) is 24.3. The molecule has 0 saturated carbocycles. The lowest BCUT2D eigenvalue weighted by atomic mass is 9.81. The van der Waals surface area contributed by atoms with E-state index in [2.05, 4.69) is 0 Å². The smallest absolute Gasteiger partial charge is 0.343 e. The third-order valence-corrected chi connectivity index (χ3v) is 4.72. The normalized spacial score (nSPS) is 13.1. The Morgan fingerprint density at radius 1 is 0.667 bits per heavy atom. The lowest BCUT2D eigenvalue weighted by molar-refractivity contribution is -0.139. The molecule has 0 saturated heterocycles. The van der Waals surface area contributed by atoms with Gasteiger partial charge in [-0.3, -0.25) is 9.59 Å². The molecule has 148 valence electrons. The summed E-state index contributed by atoms with van der Waals surface area (Å²) in [5.74, 6) is -1.07. The van der Waals surface area contributed by atoms with Gasteiger partial charge in [-0.15, -0.1) is 0 Å². The first-order chi connectivity index (χ1) is 14.7. The molecule has 0 N–H and O–H groups in total. The predicted octanol–water partition coefficient (Wildman–Crippen LogP) is 4.14. The molecule has 3 aromatic rings. The third kappa shape index (κ3) is 3.78. The molecule has 5 nitrogen and oxygen atoms in total. The van der Waals surface area contributed by atoms with Crippen molar-refractivity contribution in [3.05, 3.63) is 107 Å². The van der Waals surface area contributed by atoms with E-state index in [1.54, 1.807) is 66.7 Å². The van der Waals surface area contributed by atoms with Crippen LogP contribution in [0.4, 0.5) is 0 Å². The van der Waals surface area contributed by atoms with Gasteiger partial charge in [-0.25, -0.2) is 4.79 Å². The van der Waals surface area contributed by atoms with Gasteiger partial charge in [-0.1, -0.05) is 72.8 Å². The minimum absolute atomic E-state index is 0.0532. The maximum Gasteiger partial charge on any atom is 0.343 e. The van der Waals surface area contributed by atoms with Crippen molar-refractivity contribution in [3.8, 4) is 5.75 Å². The Bertz CT molecular complexity index is 1130. The summed E-state index contributed by atoms with van der Waals surface area (Å²) in [6.07, 6.45) is 0. The molecule has 0 amide bonds. The number of fused-ring (bicyclic) bond motifs is 1. The minimum atomic E-state index is -0.835. The number of Topliss-reactive ketones (excluding diaryl/α,β-unsaturated/α-hetero) is 2. The van der Waals surface area contributed by atoms with Crippen molar-refractivity contribution in [1.82, 2.24) is 0 Å². The highest BCUT2D eigenvalue weighted by atomic mass is 16.6. The van der Waals surface area contributed by atoms with Gasteiger partial charge < -0.3 is 9.47 Å². The minimum Gasteiger partial charge on any atom is -0.490 e. The Hall–Kier alpha value is -3.99. The van der Waals surface area contributed by atoms with Gasteiger partial charge in [-0.2, -0.15) is 0 Å². The summed E-state index contributed by atoms with van der Waals surface area (Å²) in [7, 11) is 0. The maximum absolute atomic E-state index is 13.2. The first-order valence-electron chi connectivity index (χ1n) is 9.50. The highest BCUT2D eigenvalue weighted by molar-refractivity contribution is 6.46. The molecule has 0 bridgehead atoms. The molecule has 0 unspecified atom stereocenters. The Morgan fingerprint density at radius 2 is 1.23 bits per heavy atom. The van der Waals surface area contributed by atoms with Gasteiger partial charge >= 0.3 is 5.97 Å². The van der Waals surface area contributed by atoms with Crippen LogP contribution >= 0.6 is 0 Å². The van der Waals surface area contributed by atoms with Gasteiger partial charge in [0, 0.05) is 16.7 Å². The number of para-hydroxylation sites is 1. The van der Waals surface area contributed by atoms with E-state index < -0.39 is 11.8 Å². The van der Waals surface area contributed by atoms with Gasteiger partial charge in [0.2, 0.25) is 5.78 Å². The van der Waals surface area contributed by atoms with E-state index in [0.717, 1.165) is 0 Å². The fourth-order valence-electron chi connectivity index (χ4n) is 3.33. The van der Waals surface area contributed by atoms with Crippen molar-refractivity contribution in [2.24, 2.45) is 0 Å². The summed E-state index contributed by atoms with van der Waals surface area (Å²) in [5.41, 5.74) is 0.802. The fourth-order valence-corrected chi connectivity index (χ4v) is 3.33. The summed E-state index contributed by atoms with van der Waals surface area (Å²) in [6.45, 7) is 0.0742. The number of hydrogen-bond donors (Lipinski definition) is 0. The number of carbonyl (C=O) groups is 3. The largest absolute Gasteiger partial charge is 0.490 e. The maximum atomic E-state index is 13.2. The van der Waals surface area contributed by atoms with Gasteiger partial charge in [0.25, 0.3) is 0 Å². The van der Waals surface area contributed by atoms with Crippen LogP contribution < -0.4 is 4.74 Å². The van der Waals surface area contributed by atoms with Crippen LogP contribution in [0.1, 0.15) is 26.3 Å². The molecule has 0 spiro atoms. The molecule has 1 aliphatic rings. The highest BCUT2D eigenvalue weighted by Gasteiger charge is 2.37. The molecule has 0 radical (unpaired) electrons. The molecule has 5 heteroatoms. The number of ether oxygens (including phenoxy) is 2. The highest BCUT2D eigenvalue weighted by Crippen LogP contribution is 2.33. The number of allylic oxidation sites excluding steroid dienone is 1. The average molecular weight is 398 g/mol. The van der Waals surface area contributed by atoms with Crippen LogP contribution in [0.25, 0.3) is 5.57 Å². The van der Waals surface area contributed by atoms with E-state index in [1.165, 1.54) is 0 Å². The summed E-state index contributed by atoms with van der Waals surface area (Å²) in [4.78, 5) is 39.1. The van der Waals surface area contributed by atoms with Crippen molar-refractivity contribution >= 4 is 23.1 Å². The van der Waals surface area contributed by atoms with Crippen LogP contribution in [-0.4, -0.2) is 30.7 Å². The van der Waals surface area contributed by atoms with Crippen molar-refractivity contribution in [2.45, 2.75) is 0 Å². The van der Waals surface area contributed by atoms with Crippen molar-refractivity contribution in [3.63, 3.8) is 0 Å². The number of rotatable bonds is 6. The Balaban J connectivity index is 1.61. The van der Waals surface area contributed by atoms with E-state index in [-0.39, 0.29) is 41.3 Å². The summed E-state index contributed by atoms with van der Waals surface area (Å²) >= 11 is 0. The third-order valence-electron chi connectivity index (χ3n) is 4.72. The second-order valence-electron chi connectivity index (χ2n) is 6.62. The monoisotopic (exact) mass is 398 g/mol. The van der Waals surface area contributed by atoms with Gasteiger partial charge in [0.1, 0.15) is 24.5 Å². The Morgan fingerprint density at radius 3 is 1.90 bits per heavy atom. The van der Waals surface area contributed by atoms with Gasteiger partial charge in [-0.05, 0) is 17.7 Å². The number of carbonyl (C=O) groups excluding carboxylic acids is 3. The van der Waals surface area contributed by atoms with Crippen LogP contribution in [-0.2, 0) is 9.53 Å². The number of benzene rings is 3. The zero-order valence-corrected chi connectivity index (χ0v) is 16.0. The molecule has 0 aliphatic heterocycles. The van der Waals surface area contributed by atoms with E-state index >= 15 is 0 Å². The zero-order valence-electron chi connectivity index (χ0n) is 16.0. The molecule has 0 fully saturated rings. The molecular formula is C25H18O5. The topological polar surface area (TPSA) is 69.7 Å². The molecule has 0 atom stereocenters. The van der Waals surface area contributed by atoms with Crippen molar-refractivity contribution < 1.29 is 23.9 Å². The van der Waals surface area contributed by atoms with E-state index in [1.807, 2.05) is 18.2 Å². The standard InChI is InChI=1S/C25H18O5/c26-23-19-13-7-8-14-20(19)24(27)22(21(23)17-9-3-1-4-10-17)25(28)30-16-15-29-18-11-5-2-6-12-18/h1-14H,15-16H2. The lowest BCUT2D eigenvalue weighted by Gasteiger charge is -2.20. The van der Waals surface area contributed by atoms with Crippen LogP contribution in [0.3, 0.4) is 0 Å². The molecule has 0 heterocycles. The summed E-state index contributed by atoms with van der Waals surface area (Å²) < 4.78 is 10.8. The quantitative estimate of drug-likeness (QED) is 0.355. The summed E-state index contributed by atoms with van der Waals surface area (Å²) in [5, 5.41) is 0. The number of ketones is 2. The molecule has 4 rings (SSSR count). The molecule has 30 heavy (non-hydrogen) atoms.